The van der Waals surface area contributed by atoms with Crippen molar-refractivity contribution in [3.63, 3.8) is 0 Å². The third-order valence-corrected chi connectivity index (χ3v) is 3.64. The standard InChI is InChI=1S/C14H14N2O3.H2/c17-12-11(7-3-4-8-15-12)16-13(18)9-5-1-2-6-10(9)14(16)19;/h1-2,5-6,11H,3-4,7-8H2,(H,15,17);1H. The summed E-state index contributed by atoms with van der Waals surface area (Å²) in [6.45, 7) is 0.610. The first kappa shape index (κ1) is 11.9. The molecule has 19 heavy (non-hydrogen) atoms. The van der Waals surface area contributed by atoms with Crippen molar-refractivity contribution in [2.75, 3.05) is 6.54 Å². The fourth-order valence-electron chi connectivity index (χ4n) is 2.66. The van der Waals surface area contributed by atoms with Gasteiger partial charge in [0, 0.05) is 7.97 Å². The summed E-state index contributed by atoms with van der Waals surface area (Å²) >= 11 is 0. The summed E-state index contributed by atoms with van der Waals surface area (Å²) in [6.07, 6.45) is 2.25. The van der Waals surface area contributed by atoms with Crippen LogP contribution in [0, 0.1) is 0 Å². The number of nitrogens with zero attached hydrogens (tertiary/aromatic N) is 1. The molecule has 1 saturated heterocycles. The molecule has 100 valence electrons. The number of hydrogen-bond donors (Lipinski definition) is 1. The maximum absolute atomic E-state index is 12.3. The van der Waals surface area contributed by atoms with Crippen LogP contribution in [0.15, 0.2) is 24.3 Å². The summed E-state index contributed by atoms with van der Waals surface area (Å²) in [7, 11) is 0. The van der Waals surface area contributed by atoms with E-state index in [1.165, 1.54) is 0 Å². The largest absolute Gasteiger partial charge is 0.354 e. The maximum atomic E-state index is 12.3. The van der Waals surface area contributed by atoms with E-state index in [4.69, 9.17) is 0 Å². The molecule has 1 atom stereocenters. The van der Waals surface area contributed by atoms with Crippen LogP contribution >= 0.6 is 0 Å². The minimum absolute atomic E-state index is 0. The normalized spacial score (nSPS) is 23.1. The number of amides is 3. The van der Waals surface area contributed by atoms with Crippen molar-refractivity contribution in [2.24, 2.45) is 0 Å². The van der Waals surface area contributed by atoms with E-state index in [0.29, 0.717) is 24.1 Å². The molecule has 0 aliphatic carbocycles. The molecule has 1 aromatic carbocycles. The Morgan fingerprint density at radius 1 is 1.05 bits per heavy atom. The highest BCUT2D eigenvalue weighted by atomic mass is 16.2. The van der Waals surface area contributed by atoms with Gasteiger partial charge in [-0.05, 0) is 31.4 Å². The number of carbonyl (C=O) groups is 3. The molecule has 5 nitrogen and oxygen atoms in total. The Morgan fingerprint density at radius 2 is 1.68 bits per heavy atom. The summed E-state index contributed by atoms with van der Waals surface area (Å²) in [5, 5.41) is 2.75. The van der Waals surface area contributed by atoms with Gasteiger partial charge in [-0.15, -0.1) is 0 Å². The van der Waals surface area contributed by atoms with Gasteiger partial charge in [-0.25, -0.2) is 0 Å². The Hall–Kier alpha value is -2.17. The van der Waals surface area contributed by atoms with Crippen molar-refractivity contribution < 1.29 is 15.8 Å². The van der Waals surface area contributed by atoms with Crippen molar-refractivity contribution in [1.29, 1.82) is 0 Å². The molecule has 0 aromatic heterocycles. The zero-order chi connectivity index (χ0) is 13.4. The highest BCUT2D eigenvalue weighted by Gasteiger charge is 2.42. The van der Waals surface area contributed by atoms with Gasteiger partial charge >= 0.3 is 0 Å². The van der Waals surface area contributed by atoms with Crippen molar-refractivity contribution in [2.45, 2.75) is 25.3 Å². The van der Waals surface area contributed by atoms with Gasteiger partial charge in [0.2, 0.25) is 5.91 Å². The number of rotatable bonds is 1. The number of nitrogens with one attached hydrogen (secondary N) is 1. The Bertz CT molecular complexity index is 538. The molecule has 1 fully saturated rings. The lowest BCUT2D eigenvalue weighted by Gasteiger charge is -2.23. The summed E-state index contributed by atoms with van der Waals surface area (Å²) < 4.78 is 0. The number of fused-ring (bicyclic) bond motifs is 1. The van der Waals surface area contributed by atoms with Gasteiger partial charge < -0.3 is 5.32 Å². The molecule has 0 bridgehead atoms. The average Bonchev–Trinajstić information content (AvgIpc) is 2.57. The number of hydrogen-bond acceptors (Lipinski definition) is 3. The van der Waals surface area contributed by atoms with Crippen molar-refractivity contribution >= 4 is 17.7 Å². The fourth-order valence-corrected chi connectivity index (χ4v) is 2.66. The van der Waals surface area contributed by atoms with Crippen LogP contribution in [0.4, 0.5) is 0 Å². The Labute approximate surface area is 112 Å². The summed E-state index contributed by atoms with van der Waals surface area (Å²) in [5.41, 5.74) is 0.786. The molecule has 1 unspecified atom stereocenters. The third-order valence-electron chi connectivity index (χ3n) is 3.64. The lowest BCUT2D eigenvalue weighted by Crippen LogP contribution is -2.48. The van der Waals surface area contributed by atoms with Crippen molar-refractivity contribution in [3.05, 3.63) is 35.4 Å². The predicted octanol–water partition coefficient (Wildman–Crippen LogP) is 1.20. The van der Waals surface area contributed by atoms with Gasteiger partial charge in [-0.2, -0.15) is 0 Å². The maximum Gasteiger partial charge on any atom is 0.262 e. The van der Waals surface area contributed by atoms with Crippen LogP contribution < -0.4 is 5.32 Å². The topological polar surface area (TPSA) is 66.5 Å². The molecule has 3 rings (SSSR count). The number of benzene rings is 1. The molecule has 0 spiro atoms. The molecule has 2 aliphatic rings. The second-order valence-corrected chi connectivity index (χ2v) is 4.83. The minimum Gasteiger partial charge on any atom is -0.354 e. The highest BCUT2D eigenvalue weighted by molar-refractivity contribution is 6.22. The molecule has 1 N–H and O–H groups in total. The van der Waals surface area contributed by atoms with E-state index in [1.54, 1.807) is 24.3 Å². The van der Waals surface area contributed by atoms with Crippen LogP contribution in [0.2, 0.25) is 0 Å². The Kier molecular flexibility index (Phi) is 2.81. The van der Waals surface area contributed by atoms with Crippen LogP contribution in [0.25, 0.3) is 0 Å². The zero-order valence-corrected chi connectivity index (χ0v) is 10.4. The Morgan fingerprint density at radius 3 is 2.32 bits per heavy atom. The molecule has 3 amide bonds. The minimum atomic E-state index is -0.671. The van der Waals surface area contributed by atoms with Crippen LogP contribution in [0.3, 0.4) is 0 Å². The van der Waals surface area contributed by atoms with Gasteiger partial charge in [0.1, 0.15) is 6.04 Å². The van der Waals surface area contributed by atoms with E-state index in [2.05, 4.69) is 5.32 Å². The second-order valence-electron chi connectivity index (χ2n) is 4.83. The summed E-state index contributed by atoms with van der Waals surface area (Å²) in [6, 6.07) is 6.03. The summed E-state index contributed by atoms with van der Waals surface area (Å²) in [5.74, 6) is -0.947. The van der Waals surface area contributed by atoms with Crippen LogP contribution in [-0.2, 0) is 4.79 Å². The van der Waals surface area contributed by atoms with E-state index >= 15 is 0 Å². The van der Waals surface area contributed by atoms with E-state index in [-0.39, 0.29) is 19.1 Å². The SMILES string of the molecule is O=C1NCCCCC1N1C(=O)c2ccccc2C1=O.[HH]. The monoisotopic (exact) mass is 260 g/mol. The number of imide groups is 1. The van der Waals surface area contributed by atoms with Gasteiger partial charge in [0.05, 0.1) is 11.1 Å². The van der Waals surface area contributed by atoms with E-state index in [9.17, 15) is 14.4 Å². The second kappa shape index (κ2) is 4.50. The first-order chi connectivity index (χ1) is 9.20. The fraction of sp³-hybridized carbons (Fsp3) is 0.357. The molecule has 0 radical (unpaired) electrons. The highest BCUT2D eigenvalue weighted by Crippen LogP contribution is 2.26. The lowest BCUT2D eigenvalue weighted by molar-refractivity contribution is -0.124. The molecule has 0 saturated carbocycles. The van der Waals surface area contributed by atoms with E-state index in [1.807, 2.05) is 0 Å². The van der Waals surface area contributed by atoms with Gasteiger partial charge in [0.25, 0.3) is 11.8 Å². The van der Waals surface area contributed by atoms with Crippen molar-refractivity contribution in [3.8, 4) is 0 Å². The van der Waals surface area contributed by atoms with Gasteiger partial charge in [-0.3, -0.25) is 19.3 Å². The smallest absolute Gasteiger partial charge is 0.262 e. The van der Waals surface area contributed by atoms with Crippen LogP contribution in [0.1, 0.15) is 41.4 Å². The van der Waals surface area contributed by atoms with Gasteiger partial charge in [-0.1, -0.05) is 12.1 Å². The molecular formula is C14H16N2O3. The molecule has 2 aliphatic heterocycles. The molecule has 5 heteroatoms. The average molecular weight is 260 g/mol. The Balaban J connectivity index is 0.00000147. The van der Waals surface area contributed by atoms with Crippen LogP contribution in [0.5, 0.6) is 0 Å². The zero-order valence-electron chi connectivity index (χ0n) is 10.4. The first-order valence-corrected chi connectivity index (χ1v) is 6.45. The number of carbonyl (C=O) groups excluding carboxylic acids is 3. The lowest BCUT2D eigenvalue weighted by atomic mass is 10.1. The van der Waals surface area contributed by atoms with E-state index < -0.39 is 6.04 Å². The van der Waals surface area contributed by atoms with E-state index in [0.717, 1.165) is 17.7 Å². The molecular weight excluding hydrogens is 244 g/mol. The van der Waals surface area contributed by atoms with Crippen LogP contribution in [-0.4, -0.2) is 35.2 Å². The third kappa shape index (κ3) is 1.82. The molecule has 2 heterocycles. The van der Waals surface area contributed by atoms with Crippen molar-refractivity contribution in [1.82, 2.24) is 10.2 Å². The molecule has 1 aromatic rings. The summed E-state index contributed by atoms with van der Waals surface area (Å²) in [4.78, 5) is 37.7. The quantitative estimate of drug-likeness (QED) is 0.771. The first-order valence-electron chi connectivity index (χ1n) is 6.45. The predicted molar refractivity (Wildman–Crippen MR) is 69.7 cm³/mol. The van der Waals surface area contributed by atoms with Gasteiger partial charge in [0.15, 0.2) is 0 Å².